The largest absolute Gasteiger partial charge is 0.343 e. The Morgan fingerprint density at radius 1 is 1.12 bits per heavy atom. The number of amides is 3. The Labute approximate surface area is 205 Å². The highest BCUT2D eigenvalue weighted by Crippen LogP contribution is 2.30. The summed E-state index contributed by atoms with van der Waals surface area (Å²) < 4.78 is 0. The van der Waals surface area contributed by atoms with Gasteiger partial charge in [-0.05, 0) is 64.3 Å². The van der Waals surface area contributed by atoms with Crippen molar-refractivity contribution in [3.8, 4) is 0 Å². The first kappa shape index (κ1) is 27.8. The van der Waals surface area contributed by atoms with Gasteiger partial charge in [0.15, 0.2) is 0 Å². The number of anilines is 1. The van der Waals surface area contributed by atoms with E-state index in [0.717, 1.165) is 69.7 Å². The van der Waals surface area contributed by atoms with Gasteiger partial charge in [-0.2, -0.15) is 0 Å². The van der Waals surface area contributed by atoms with Crippen LogP contribution in [0.15, 0.2) is 24.3 Å². The monoisotopic (exact) mass is 472 g/mol. The first-order valence-electron chi connectivity index (χ1n) is 13.1. The highest BCUT2D eigenvalue weighted by Gasteiger charge is 2.30. The van der Waals surface area contributed by atoms with Gasteiger partial charge in [0.05, 0.1) is 6.42 Å². The maximum absolute atomic E-state index is 12.0. The topological polar surface area (TPSA) is 73.0 Å². The second-order valence-corrected chi connectivity index (χ2v) is 9.12. The highest BCUT2D eigenvalue weighted by atomic mass is 16.2. The van der Waals surface area contributed by atoms with Crippen LogP contribution in [0.3, 0.4) is 0 Å². The fraction of sp³-hybridized carbons (Fsp3) is 0.667. The molecule has 190 valence electrons. The molecule has 1 saturated heterocycles. The molecule has 2 aliphatic rings. The molecule has 1 atom stereocenters. The lowest BCUT2D eigenvalue weighted by Gasteiger charge is -2.28. The molecule has 3 rings (SSSR count). The minimum Gasteiger partial charge on any atom is -0.343 e. The molecule has 2 heterocycles. The van der Waals surface area contributed by atoms with Gasteiger partial charge in [-0.3, -0.25) is 14.4 Å². The number of carbonyl (C=O) groups excluding carboxylic acids is 3. The first-order valence-corrected chi connectivity index (χ1v) is 13.1. The predicted molar refractivity (Wildman–Crippen MR) is 138 cm³/mol. The number of hydrogen-bond acceptors (Lipinski definition) is 4. The Morgan fingerprint density at radius 3 is 2.56 bits per heavy atom. The van der Waals surface area contributed by atoms with E-state index >= 15 is 0 Å². The van der Waals surface area contributed by atoms with Crippen molar-refractivity contribution in [1.82, 2.24) is 15.1 Å². The molecule has 1 aromatic carbocycles. The number of likely N-dealkylation sites (tertiary alicyclic amines) is 1. The van der Waals surface area contributed by atoms with Gasteiger partial charge in [-0.1, -0.05) is 32.0 Å². The third-order valence-electron chi connectivity index (χ3n) is 6.54. The van der Waals surface area contributed by atoms with Crippen LogP contribution in [0.2, 0.25) is 0 Å². The Kier molecular flexibility index (Phi) is 12.1. The van der Waals surface area contributed by atoms with Crippen molar-refractivity contribution >= 4 is 23.4 Å². The molecule has 3 amide bonds. The summed E-state index contributed by atoms with van der Waals surface area (Å²) in [5, 5.41) is 3.30. The maximum Gasteiger partial charge on any atom is 0.231 e. The molecule has 0 saturated carbocycles. The summed E-state index contributed by atoms with van der Waals surface area (Å²) in [6, 6.07) is 8.36. The molecule has 1 aromatic rings. The fourth-order valence-corrected chi connectivity index (χ4v) is 4.59. The zero-order chi connectivity index (χ0) is 24.9. The summed E-state index contributed by atoms with van der Waals surface area (Å²) in [4.78, 5) is 41.1. The van der Waals surface area contributed by atoms with Crippen molar-refractivity contribution in [2.75, 3.05) is 44.2 Å². The van der Waals surface area contributed by atoms with Crippen LogP contribution in [0, 0.1) is 0 Å². The van der Waals surface area contributed by atoms with Crippen LogP contribution >= 0.6 is 0 Å². The van der Waals surface area contributed by atoms with Crippen LogP contribution in [0.25, 0.3) is 0 Å². The van der Waals surface area contributed by atoms with Crippen molar-refractivity contribution in [2.45, 2.75) is 78.7 Å². The summed E-state index contributed by atoms with van der Waals surface area (Å²) in [6.45, 7) is 13.2. The zero-order valence-electron chi connectivity index (χ0n) is 21.6. The molecular formula is C27H44N4O3. The van der Waals surface area contributed by atoms with Crippen LogP contribution < -0.4 is 10.2 Å². The lowest BCUT2D eigenvalue weighted by atomic mass is 10.1. The lowest BCUT2D eigenvalue weighted by Crippen LogP contribution is -2.39. The van der Waals surface area contributed by atoms with Gasteiger partial charge in [0.25, 0.3) is 0 Å². The van der Waals surface area contributed by atoms with E-state index < -0.39 is 0 Å². The molecule has 1 fully saturated rings. The number of hydrogen-bond donors (Lipinski definition) is 1. The number of benzene rings is 1. The predicted octanol–water partition coefficient (Wildman–Crippen LogP) is 3.61. The molecule has 1 N–H and O–H groups in total. The van der Waals surface area contributed by atoms with Gasteiger partial charge in [0.2, 0.25) is 17.7 Å². The molecule has 7 nitrogen and oxygen atoms in total. The molecule has 2 aliphatic heterocycles. The van der Waals surface area contributed by atoms with E-state index in [-0.39, 0.29) is 23.8 Å². The van der Waals surface area contributed by atoms with Gasteiger partial charge in [0, 0.05) is 50.7 Å². The molecule has 34 heavy (non-hydrogen) atoms. The summed E-state index contributed by atoms with van der Waals surface area (Å²) >= 11 is 0. The normalized spacial score (nSPS) is 16.1. The van der Waals surface area contributed by atoms with E-state index in [2.05, 4.69) is 26.1 Å². The van der Waals surface area contributed by atoms with Crippen molar-refractivity contribution in [3.63, 3.8) is 0 Å². The fourth-order valence-electron chi connectivity index (χ4n) is 4.59. The van der Waals surface area contributed by atoms with E-state index in [1.54, 1.807) is 0 Å². The summed E-state index contributed by atoms with van der Waals surface area (Å²) in [6.07, 6.45) is 5.74. The van der Waals surface area contributed by atoms with Crippen LogP contribution in [0.1, 0.15) is 71.8 Å². The molecule has 0 spiro atoms. The number of piperidine rings is 1. The van der Waals surface area contributed by atoms with Gasteiger partial charge >= 0.3 is 0 Å². The van der Waals surface area contributed by atoms with E-state index in [1.807, 2.05) is 45.9 Å². The van der Waals surface area contributed by atoms with Crippen molar-refractivity contribution < 1.29 is 14.4 Å². The minimum atomic E-state index is 0.174. The first-order chi connectivity index (χ1) is 16.4. The number of rotatable bonds is 11. The Hall–Kier alpha value is -2.41. The molecule has 0 radical (unpaired) electrons. The Balaban J connectivity index is 0.000000240. The molecule has 0 bridgehead atoms. The van der Waals surface area contributed by atoms with Crippen molar-refractivity contribution in [3.05, 3.63) is 29.8 Å². The second-order valence-electron chi connectivity index (χ2n) is 9.12. The number of carbonyl (C=O) groups is 3. The Bertz CT molecular complexity index is 798. The number of nitrogens with one attached hydrogen (secondary N) is 1. The van der Waals surface area contributed by atoms with Crippen LogP contribution in [0.4, 0.5) is 5.69 Å². The average Bonchev–Trinajstić information content (AvgIpc) is 3.18. The van der Waals surface area contributed by atoms with Crippen LogP contribution in [-0.2, 0) is 20.8 Å². The quantitative estimate of drug-likeness (QED) is 0.500. The SMILES string of the molecule is CCCN(CC)C(=O)CCN1CCCCC1=O.CCNCCC(C)N1C(=O)Cc2ccccc21. The van der Waals surface area contributed by atoms with Crippen LogP contribution in [-0.4, -0.2) is 72.8 Å². The number of para-hydroxylation sites is 1. The highest BCUT2D eigenvalue weighted by molar-refractivity contribution is 6.01. The third-order valence-corrected chi connectivity index (χ3v) is 6.54. The van der Waals surface area contributed by atoms with E-state index in [4.69, 9.17) is 0 Å². The van der Waals surface area contributed by atoms with E-state index in [1.165, 1.54) is 0 Å². The molecule has 0 aliphatic carbocycles. The zero-order valence-corrected chi connectivity index (χ0v) is 21.6. The molecular weight excluding hydrogens is 428 g/mol. The van der Waals surface area contributed by atoms with Gasteiger partial charge < -0.3 is 20.0 Å². The van der Waals surface area contributed by atoms with Gasteiger partial charge in [0.1, 0.15) is 0 Å². The molecule has 7 heteroatoms. The number of nitrogens with zero attached hydrogens (tertiary/aromatic N) is 3. The molecule has 1 unspecified atom stereocenters. The second kappa shape index (κ2) is 14.8. The lowest BCUT2D eigenvalue weighted by molar-refractivity contribution is -0.135. The van der Waals surface area contributed by atoms with E-state index in [9.17, 15) is 14.4 Å². The standard InChI is InChI=1S/C14H20N2O.C13H24N2O2/c1-3-15-9-8-11(2)16-13-7-5-4-6-12(13)10-14(16)17;1-3-9-14(4-2)13(17)8-11-15-10-6-5-7-12(15)16/h4-7,11,15H,3,8-10H2,1-2H3;3-11H2,1-2H3. The van der Waals surface area contributed by atoms with E-state index in [0.29, 0.717) is 25.8 Å². The third kappa shape index (κ3) is 8.12. The van der Waals surface area contributed by atoms with Crippen molar-refractivity contribution in [2.24, 2.45) is 0 Å². The summed E-state index contributed by atoms with van der Waals surface area (Å²) in [5.41, 5.74) is 2.26. The van der Waals surface area contributed by atoms with Gasteiger partial charge in [-0.15, -0.1) is 0 Å². The van der Waals surface area contributed by atoms with Crippen LogP contribution in [0.5, 0.6) is 0 Å². The average molecular weight is 473 g/mol. The number of fused-ring (bicyclic) bond motifs is 1. The smallest absolute Gasteiger partial charge is 0.231 e. The van der Waals surface area contributed by atoms with Gasteiger partial charge in [-0.25, -0.2) is 0 Å². The summed E-state index contributed by atoms with van der Waals surface area (Å²) in [7, 11) is 0. The summed E-state index contributed by atoms with van der Waals surface area (Å²) in [5.74, 6) is 0.616. The van der Waals surface area contributed by atoms with Crippen molar-refractivity contribution in [1.29, 1.82) is 0 Å². The maximum atomic E-state index is 12.0. The molecule has 0 aromatic heterocycles. The Morgan fingerprint density at radius 2 is 1.88 bits per heavy atom. The minimum absolute atomic E-state index is 0.174.